The number of piperidine rings is 1. The molecule has 2 aromatic rings. The zero-order valence-corrected chi connectivity index (χ0v) is 14.2. The van der Waals surface area contributed by atoms with Crippen molar-refractivity contribution >= 4 is 27.5 Å². The van der Waals surface area contributed by atoms with Crippen LogP contribution in [-0.4, -0.2) is 52.7 Å². The van der Waals surface area contributed by atoms with E-state index in [1.54, 1.807) is 11.3 Å². The number of aromatic nitrogens is 1. The molecule has 0 bridgehead atoms. The molecule has 0 radical (unpaired) electrons. The second-order valence-corrected chi connectivity index (χ2v) is 7.39. The molecule has 2 atom stereocenters. The number of hydrogen-bond acceptors (Lipinski definition) is 5. The third kappa shape index (κ3) is 4.50. The molecular formula is C17H23N3O2S. The van der Waals surface area contributed by atoms with Crippen LogP contribution in [0.5, 0.6) is 0 Å². The molecule has 1 aromatic heterocycles. The van der Waals surface area contributed by atoms with Crippen LogP contribution in [0.15, 0.2) is 24.3 Å². The number of carbonyl (C=O) groups excluding carboxylic acids is 1. The van der Waals surface area contributed by atoms with Gasteiger partial charge in [-0.15, -0.1) is 11.3 Å². The number of carbonyl (C=O) groups is 1. The van der Waals surface area contributed by atoms with E-state index in [2.05, 4.69) is 16.4 Å². The summed E-state index contributed by atoms with van der Waals surface area (Å²) >= 11 is 1.68. The number of hydrogen-bond donors (Lipinski definition) is 2. The highest BCUT2D eigenvalue weighted by Gasteiger charge is 2.20. The van der Waals surface area contributed by atoms with Gasteiger partial charge in [0.1, 0.15) is 0 Å². The standard InChI is InChI=1S/C17H23N3O2S/c1-12(9-17-19-14-6-2-3-7-15(14)23-17)18-16(22)11-20-8-4-5-13(21)10-20/h2-3,6-7,12-13,21H,4-5,8-11H2,1H3,(H,18,22)/t12-,13-/m0/s1. The fourth-order valence-electron chi connectivity index (χ4n) is 3.02. The van der Waals surface area contributed by atoms with Crippen molar-refractivity contribution in [1.29, 1.82) is 0 Å². The van der Waals surface area contributed by atoms with E-state index in [4.69, 9.17) is 0 Å². The first-order chi connectivity index (χ1) is 11.1. The van der Waals surface area contributed by atoms with E-state index < -0.39 is 0 Å². The molecule has 23 heavy (non-hydrogen) atoms. The molecule has 0 saturated carbocycles. The average Bonchev–Trinajstić information content (AvgIpc) is 2.88. The summed E-state index contributed by atoms with van der Waals surface area (Å²) in [7, 11) is 0. The molecule has 0 aliphatic carbocycles. The molecule has 0 spiro atoms. The second kappa shape index (κ2) is 7.38. The van der Waals surface area contributed by atoms with Crippen molar-refractivity contribution in [3.05, 3.63) is 29.3 Å². The summed E-state index contributed by atoms with van der Waals surface area (Å²) < 4.78 is 1.18. The van der Waals surface area contributed by atoms with Gasteiger partial charge in [-0.05, 0) is 38.4 Å². The first-order valence-electron chi connectivity index (χ1n) is 8.14. The largest absolute Gasteiger partial charge is 0.392 e. The number of aliphatic hydroxyl groups excluding tert-OH is 1. The van der Waals surface area contributed by atoms with Gasteiger partial charge in [0.15, 0.2) is 0 Å². The normalized spacial score (nSPS) is 20.5. The van der Waals surface area contributed by atoms with Gasteiger partial charge in [0.05, 0.1) is 27.9 Å². The van der Waals surface area contributed by atoms with Gasteiger partial charge in [-0.3, -0.25) is 9.69 Å². The van der Waals surface area contributed by atoms with Gasteiger partial charge < -0.3 is 10.4 Å². The summed E-state index contributed by atoms with van der Waals surface area (Å²) in [6.07, 6.45) is 2.24. The number of rotatable bonds is 5. The fourth-order valence-corrected chi connectivity index (χ4v) is 4.11. The van der Waals surface area contributed by atoms with E-state index in [9.17, 15) is 9.90 Å². The van der Waals surface area contributed by atoms with Crippen molar-refractivity contribution in [2.24, 2.45) is 0 Å². The smallest absolute Gasteiger partial charge is 0.234 e. The number of thiazole rings is 1. The zero-order chi connectivity index (χ0) is 16.2. The number of aliphatic hydroxyl groups is 1. The maximum absolute atomic E-state index is 12.1. The van der Waals surface area contributed by atoms with Gasteiger partial charge in [-0.1, -0.05) is 12.1 Å². The Morgan fingerprint density at radius 2 is 2.35 bits per heavy atom. The van der Waals surface area contributed by atoms with Crippen molar-refractivity contribution in [3.63, 3.8) is 0 Å². The van der Waals surface area contributed by atoms with Gasteiger partial charge in [0.25, 0.3) is 0 Å². The number of fused-ring (bicyclic) bond motifs is 1. The van der Waals surface area contributed by atoms with Crippen LogP contribution in [0.2, 0.25) is 0 Å². The average molecular weight is 333 g/mol. The molecule has 3 rings (SSSR count). The van der Waals surface area contributed by atoms with E-state index in [0.717, 1.165) is 36.3 Å². The lowest BCUT2D eigenvalue weighted by Gasteiger charge is -2.29. The summed E-state index contributed by atoms with van der Waals surface area (Å²) in [4.78, 5) is 18.8. The van der Waals surface area contributed by atoms with Crippen LogP contribution in [-0.2, 0) is 11.2 Å². The third-order valence-electron chi connectivity index (χ3n) is 4.07. The SMILES string of the molecule is C[C@@H](Cc1nc2ccccc2s1)NC(=O)CN1CCC[C@H](O)C1. The molecule has 6 heteroatoms. The van der Waals surface area contributed by atoms with E-state index >= 15 is 0 Å². The summed E-state index contributed by atoms with van der Waals surface area (Å²) in [5.41, 5.74) is 1.02. The lowest BCUT2D eigenvalue weighted by molar-refractivity contribution is -0.123. The Morgan fingerprint density at radius 3 is 3.13 bits per heavy atom. The number of nitrogens with one attached hydrogen (secondary N) is 1. The number of para-hydroxylation sites is 1. The third-order valence-corrected chi connectivity index (χ3v) is 5.13. The molecule has 124 valence electrons. The van der Waals surface area contributed by atoms with E-state index in [0.29, 0.717) is 13.1 Å². The highest BCUT2D eigenvalue weighted by molar-refractivity contribution is 7.18. The van der Waals surface area contributed by atoms with Gasteiger partial charge in [-0.2, -0.15) is 0 Å². The van der Waals surface area contributed by atoms with Crippen molar-refractivity contribution in [2.45, 2.75) is 38.3 Å². The Balaban J connectivity index is 1.50. The number of nitrogens with zero attached hydrogens (tertiary/aromatic N) is 2. The molecule has 2 heterocycles. The minimum Gasteiger partial charge on any atom is -0.392 e. The monoisotopic (exact) mass is 333 g/mol. The lowest BCUT2D eigenvalue weighted by atomic mass is 10.1. The van der Waals surface area contributed by atoms with Crippen LogP contribution in [0.4, 0.5) is 0 Å². The molecule has 2 N–H and O–H groups in total. The molecule has 1 saturated heterocycles. The van der Waals surface area contributed by atoms with Gasteiger partial charge >= 0.3 is 0 Å². The second-order valence-electron chi connectivity index (χ2n) is 6.28. The minimum atomic E-state index is -0.295. The van der Waals surface area contributed by atoms with Crippen LogP contribution in [0.3, 0.4) is 0 Å². The van der Waals surface area contributed by atoms with E-state index in [1.807, 2.05) is 30.0 Å². The van der Waals surface area contributed by atoms with E-state index in [1.165, 1.54) is 4.70 Å². The lowest BCUT2D eigenvalue weighted by Crippen LogP contribution is -2.46. The Labute approximate surface area is 140 Å². The van der Waals surface area contributed by atoms with Gasteiger partial charge in [0, 0.05) is 19.0 Å². The maximum atomic E-state index is 12.1. The van der Waals surface area contributed by atoms with Crippen LogP contribution in [0, 0.1) is 0 Å². The van der Waals surface area contributed by atoms with Gasteiger partial charge in [0.2, 0.25) is 5.91 Å². The van der Waals surface area contributed by atoms with Crippen LogP contribution in [0.1, 0.15) is 24.8 Å². The van der Waals surface area contributed by atoms with Crippen molar-refractivity contribution in [1.82, 2.24) is 15.2 Å². The van der Waals surface area contributed by atoms with Crippen molar-refractivity contribution in [2.75, 3.05) is 19.6 Å². The number of benzene rings is 1. The molecule has 1 aliphatic heterocycles. The highest BCUT2D eigenvalue weighted by atomic mass is 32.1. The van der Waals surface area contributed by atoms with Crippen LogP contribution < -0.4 is 5.32 Å². The fraction of sp³-hybridized carbons (Fsp3) is 0.529. The van der Waals surface area contributed by atoms with Gasteiger partial charge in [-0.25, -0.2) is 4.98 Å². The predicted molar refractivity (Wildman–Crippen MR) is 92.6 cm³/mol. The summed E-state index contributed by atoms with van der Waals surface area (Å²) in [5, 5.41) is 13.7. The Morgan fingerprint density at radius 1 is 1.52 bits per heavy atom. The number of β-amino-alcohol motifs (C(OH)–C–C–N with tert-alkyl or cyclic N) is 1. The quantitative estimate of drug-likeness (QED) is 0.876. The molecule has 1 aliphatic rings. The molecule has 1 aromatic carbocycles. The minimum absolute atomic E-state index is 0.0210. The molecule has 1 amide bonds. The number of amides is 1. The van der Waals surface area contributed by atoms with Crippen molar-refractivity contribution in [3.8, 4) is 0 Å². The van der Waals surface area contributed by atoms with Crippen molar-refractivity contribution < 1.29 is 9.90 Å². The first kappa shape index (κ1) is 16.4. The molecule has 5 nitrogen and oxygen atoms in total. The van der Waals surface area contributed by atoms with Crippen LogP contribution >= 0.6 is 11.3 Å². The predicted octanol–water partition coefficient (Wildman–Crippen LogP) is 1.80. The van der Waals surface area contributed by atoms with E-state index in [-0.39, 0.29) is 18.1 Å². The molecular weight excluding hydrogens is 310 g/mol. The molecule has 1 fully saturated rings. The topological polar surface area (TPSA) is 65.5 Å². The summed E-state index contributed by atoms with van der Waals surface area (Å²) in [6.45, 7) is 3.85. The highest BCUT2D eigenvalue weighted by Crippen LogP contribution is 2.22. The Bertz CT molecular complexity index is 640. The molecule has 0 unspecified atom stereocenters. The number of likely N-dealkylation sites (tertiary alicyclic amines) is 1. The first-order valence-corrected chi connectivity index (χ1v) is 8.96. The zero-order valence-electron chi connectivity index (χ0n) is 13.4. The maximum Gasteiger partial charge on any atom is 0.234 e. The Kier molecular flexibility index (Phi) is 5.25. The Hall–Kier alpha value is -1.50. The summed E-state index contributed by atoms with van der Waals surface area (Å²) in [5.74, 6) is 0.0210. The van der Waals surface area contributed by atoms with Crippen LogP contribution in [0.25, 0.3) is 10.2 Å². The summed E-state index contributed by atoms with van der Waals surface area (Å²) in [6, 6.07) is 8.15.